The van der Waals surface area contributed by atoms with Gasteiger partial charge in [0.1, 0.15) is 5.82 Å². The number of hydrogen-bond donors (Lipinski definition) is 3. The molecule has 3 N–H and O–H groups in total. The van der Waals surface area contributed by atoms with Crippen LogP contribution in [0, 0.1) is 24.4 Å². The molecule has 0 saturated heterocycles. The minimum absolute atomic E-state index is 0.0980. The van der Waals surface area contributed by atoms with Gasteiger partial charge in [-0.2, -0.15) is 0 Å². The molecule has 0 aliphatic heterocycles. The molecular weight excluding hydrogens is 351 g/mol. The molecular formula is C17H16F3N3O3. The van der Waals surface area contributed by atoms with Crippen LogP contribution in [0.5, 0.6) is 0 Å². The molecule has 0 radical (unpaired) electrons. The fraction of sp³-hybridized carbons (Fsp3) is 0.176. The molecule has 0 saturated carbocycles. The summed E-state index contributed by atoms with van der Waals surface area (Å²) in [6.45, 7) is 4.77. The summed E-state index contributed by atoms with van der Waals surface area (Å²) in [5.41, 5.74) is 2.01. The summed E-state index contributed by atoms with van der Waals surface area (Å²) in [6, 6.07) is 2.21. The van der Waals surface area contributed by atoms with Crippen LogP contribution in [0.4, 0.5) is 24.7 Å². The highest BCUT2D eigenvalue weighted by Gasteiger charge is 2.24. The molecule has 1 aromatic heterocycles. The first-order valence-corrected chi connectivity index (χ1v) is 7.45. The molecule has 1 heterocycles. The molecule has 1 amide bonds. The predicted octanol–water partition coefficient (Wildman–Crippen LogP) is 2.85. The maximum absolute atomic E-state index is 14.3. The third-order valence-corrected chi connectivity index (χ3v) is 3.28. The van der Waals surface area contributed by atoms with Crippen molar-refractivity contribution in [2.75, 3.05) is 18.5 Å². The van der Waals surface area contributed by atoms with E-state index in [-0.39, 0.29) is 19.0 Å². The number of halogens is 3. The van der Waals surface area contributed by atoms with Crippen molar-refractivity contribution in [2.45, 2.75) is 6.92 Å². The summed E-state index contributed by atoms with van der Waals surface area (Å²) in [5.74, 6) is -5.81. The van der Waals surface area contributed by atoms with Gasteiger partial charge >= 0.3 is 0 Å². The maximum atomic E-state index is 14.3. The maximum Gasteiger partial charge on any atom is 0.277 e. The molecule has 0 atom stereocenters. The SMILES string of the molecule is C=Cc1cc(C)cnc1Nc1c(C(=O)NOCCO)cc(F)c(F)c1F. The summed E-state index contributed by atoms with van der Waals surface area (Å²) >= 11 is 0. The Hall–Kier alpha value is -2.91. The van der Waals surface area contributed by atoms with Gasteiger partial charge in [0.25, 0.3) is 5.91 Å². The summed E-state index contributed by atoms with van der Waals surface area (Å²) in [7, 11) is 0. The van der Waals surface area contributed by atoms with Crippen LogP contribution in [0.25, 0.3) is 6.08 Å². The largest absolute Gasteiger partial charge is 0.394 e. The van der Waals surface area contributed by atoms with Gasteiger partial charge in [-0.25, -0.2) is 23.6 Å². The number of aliphatic hydroxyl groups excluding tert-OH is 1. The standard InChI is InChI=1S/C17H16F3N3O3/c1-3-10-6-9(2)8-21-16(10)22-15-11(17(25)23-26-5-4-24)7-12(18)13(19)14(15)20/h3,6-8,24H,1,4-5H2,2H3,(H,21,22)(H,23,25). The highest BCUT2D eigenvalue weighted by Crippen LogP contribution is 2.29. The van der Waals surface area contributed by atoms with Crippen molar-refractivity contribution in [1.82, 2.24) is 10.5 Å². The highest BCUT2D eigenvalue weighted by atomic mass is 19.2. The van der Waals surface area contributed by atoms with Crippen LogP contribution in [0.1, 0.15) is 21.5 Å². The molecule has 0 aliphatic carbocycles. The first kappa shape index (κ1) is 19.4. The number of aliphatic hydroxyl groups is 1. The molecule has 2 rings (SSSR count). The quantitative estimate of drug-likeness (QED) is 0.398. The van der Waals surface area contributed by atoms with Crippen LogP contribution < -0.4 is 10.8 Å². The molecule has 1 aromatic carbocycles. The van der Waals surface area contributed by atoms with Gasteiger partial charge in [-0.1, -0.05) is 12.7 Å². The van der Waals surface area contributed by atoms with Crippen LogP contribution >= 0.6 is 0 Å². The Bertz CT molecular complexity index is 844. The number of nitrogens with zero attached hydrogens (tertiary/aromatic N) is 1. The van der Waals surface area contributed by atoms with Gasteiger partial charge in [0.05, 0.1) is 24.5 Å². The average molecular weight is 367 g/mol. The Kier molecular flexibility index (Phi) is 6.31. The lowest BCUT2D eigenvalue weighted by molar-refractivity contribution is 0.0168. The third-order valence-electron chi connectivity index (χ3n) is 3.28. The van der Waals surface area contributed by atoms with Gasteiger partial charge in [-0.05, 0) is 24.6 Å². The third kappa shape index (κ3) is 4.19. The summed E-state index contributed by atoms with van der Waals surface area (Å²) in [4.78, 5) is 20.8. The van der Waals surface area contributed by atoms with E-state index in [1.165, 1.54) is 12.3 Å². The van der Waals surface area contributed by atoms with Crippen molar-refractivity contribution in [3.05, 3.63) is 59.1 Å². The monoisotopic (exact) mass is 367 g/mol. The second-order valence-electron chi connectivity index (χ2n) is 5.19. The zero-order valence-corrected chi connectivity index (χ0v) is 13.8. The van der Waals surface area contributed by atoms with Crippen molar-refractivity contribution in [3.8, 4) is 0 Å². The van der Waals surface area contributed by atoms with Gasteiger partial charge in [0.15, 0.2) is 17.5 Å². The molecule has 0 unspecified atom stereocenters. The minimum atomic E-state index is -1.74. The fourth-order valence-electron chi connectivity index (χ4n) is 2.08. The zero-order valence-electron chi connectivity index (χ0n) is 13.8. The summed E-state index contributed by atoms with van der Waals surface area (Å²) in [6.07, 6.45) is 2.90. The van der Waals surface area contributed by atoms with Gasteiger partial charge in [0, 0.05) is 11.8 Å². The van der Waals surface area contributed by atoms with Crippen LogP contribution in [0.15, 0.2) is 24.9 Å². The lowest BCUT2D eigenvalue weighted by Crippen LogP contribution is -2.26. The Morgan fingerprint density at radius 1 is 1.35 bits per heavy atom. The van der Waals surface area contributed by atoms with E-state index in [0.717, 1.165) is 5.56 Å². The average Bonchev–Trinajstić information content (AvgIpc) is 2.63. The molecule has 0 aliphatic rings. The van der Waals surface area contributed by atoms with Crippen molar-refractivity contribution in [1.29, 1.82) is 0 Å². The smallest absolute Gasteiger partial charge is 0.277 e. The number of nitrogens with one attached hydrogen (secondary N) is 2. The van der Waals surface area contributed by atoms with Crippen LogP contribution in [0.2, 0.25) is 0 Å². The predicted molar refractivity (Wildman–Crippen MR) is 89.2 cm³/mol. The Labute approximate surface area is 147 Å². The van der Waals surface area contributed by atoms with Crippen molar-refractivity contribution in [3.63, 3.8) is 0 Å². The second-order valence-corrected chi connectivity index (χ2v) is 5.19. The number of carbonyl (C=O) groups excluding carboxylic acids is 1. The zero-order chi connectivity index (χ0) is 19.3. The van der Waals surface area contributed by atoms with Gasteiger partial charge in [0.2, 0.25) is 0 Å². The summed E-state index contributed by atoms with van der Waals surface area (Å²) < 4.78 is 41.5. The molecule has 9 heteroatoms. The summed E-state index contributed by atoms with van der Waals surface area (Å²) in [5, 5.41) is 11.1. The number of rotatable bonds is 7. The second kappa shape index (κ2) is 8.45. The molecule has 0 spiro atoms. The van der Waals surface area contributed by atoms with Gasteiger partial charge in [-0.15, -0.1) is 0 Å². The van der Waals surface area contributed by atoms with E-state index in [0.29, 0.717) is 11.6 Å². The number of pyridine rings is 1. The Morgan fingerprint density at radius 3 is 2.73 bits per heavy atom. The highest BCUT2D eigenvalue weighted by molar-refractivity contribution is 6.00. The van der Waals surface area contributed by atoms with Gasteiger partial charge in [-0.3, -0.25) is 9.63 Å². The minimum Gasteiger partial charge on any atom is -0.394 e. The van der Waals surface area contributed by atoms with Crippen LogP contribution in [-0.2, 0) is 4.84 Å². The Morgan fingerprint density at radius 2 is 2.08 bits per heavy atom. The number of carbonyl (C=O) groups is 1. The number of hydrogen-bond acceptors (Lipinski definition) is 5. The van der Waals surface area contributed by atoms with E-state index >= 15 is 0 Å². The van der Waals surface area contributed by atoms with Crippen molar-refractivity contribution < 1.29 is 27.9 Å². The van der Waals surface area contributed by atoms with E-state index in [4.69, 9.17) is 5.11 Å². The number of aromatic nitrogens is 1. The number of aryl methyl sites for hydroxylation is 1. The van der Waals surface area contributed by atoms with E-state index in [2.05, 4.69) is 21.7 Å². The molecule has 2 aromatic rings. The molecule has 0 bridgehead atoms. The molecule has 6 nitrogen and oxygen atoms in total. The molecule has 26 heavy (non-hydrogen) atoms. The lowest BCUT2D eigenvalue weighted by atomic mass is 10.1. The number of amides is 1. The number of anilines is 2. The van der Waals surface area contributed by atoms with Crippen molar-refractivity contribution >= 4 is 23.5 Å². The lowest BCUT2D eigenvalue weighted by Gasteiger charge is -2.15. The van der Waals surface area contributed by atoms with E-state index in [1.807, 2.05) is 5.48 Å². The van der Waals surface area contributed by atoms with E-state index in [9.17, 15) is 18.0 Å². The molecule has 0 fully saturated rings. The van der Waals surface area contributed by atoms with E-state index < -0.39 is 34.6 Å². The van der Waals surface area contributed by atoms with Crippen LogP contribution in [0.3, 0.4) is 0 Å². The fourth-order valence-corrected chi connectivity index (χ4v) is 2.08. The normalized spacial score (nSPS) is 10.5. The van der Waals surface area contributed by atoms with Crippen molar-refractivity contribution in [2.24, 2.45) is 0 Å². The van der Waals surface area contributed by atoms with Crippen LogP contribution in [-0.4, -0.2) is 29.2 Å². The number of benzene rings is 1. The topological polar surface area (TPSA) is 83.5 Å². The van der Waals surface area contributed by atoms with E-state index in [1.54, 1.807) is 13.0 Å². The number of hydroxylamine groups is 1. The first-order chi connectivity index (χ1) is 12.4. The Balaban J connectivity index is 2.48. The first-order valence-electron chi connectivity index (χ1n) is 7.45. The molecule has 138 valence electrons. The van der Waals surface area contributed by atoms with Gasteiger partial charge < -0.3 is 10.4 Å².